The highest BCUT2D eigenvalue weighted by Gasteiger charge is 2.34. The average molecular weight is 584 g/mol. The Kier molecular flexibility index (Phi) is 10.8. The minimum absolute atomic E-state index is 0.0502. The molecule has 0 aromatic heterocycles. The Hall–Kier alpha value is -3.36. The standard InChI is InChI=1S/C31H38ClN3O4S/c1-6-23(4)33-31(37)28(7-2)34(20-25-15-12-11-14-22(25)3)30(36)21-35(29-19-13-18-27(32)24(29)5)40(38,39)26-16-9-8-10-17-26/h8-19,23,28H,6-7,20-21H2,1-5H3,(H,33,37). The molecular formula is C31H38ClN3O4S. The van der Waals surface area contributed by atoms with E-state index >= 15 is 0 Å². The van der Waals surface area contributed by atoms with Gasteiger partial charge in [-0.1, -0.05) is 74.0 Å². The molecule has 214 valence electrons. The number of nitrogens with zero attached hydrogens (tertiary/aromatic N) is 2. The van der Waals surface area contributed by atoms with Gasteiger partial charge in [-0.3, -0.25) is 13.9 Å². The van der Waals surface area contributed by atoms with Gasteiger partial charge in [0.2, 0.25) is 11.8 Å². The van der Waals surface area contributed by atoms with Gasteiger partial charge < -0.3 is 10.2 Å². The third kappa shape index (κ3) is 7.23. The largest absolute Gasteiger partial charge is 0.352 e. The van der Waals surface area contributed by atoms with Crippen LogP contribution in [0.2, 0.25) is 5.02 Å². The Bertz CT molecular complexity index is 1430. The second-order valence-electron chi connectivity index (χ2n) is 9.90. The van der Waals surface area contributed by atoms with Crippen LogP contribution in [-0.4, -0.2) is 43.8 Å². The molecule has 0 fully saturated rings. The third-order valence-corrected chi connectivity index (χ3v) is 9.29. The molecular weight excluding hydrogens is 546 g/mol. The number of carbonyl (C=O) groups excluding carboxylic acids is 2. The number of carbonyl (C=O) groups is 2. The van der Waals surface area contributed by atoms with Crippen molar-refractivity contribution < 1.29 is 18.0 Å². The predicted molar refractivity (Wildman–Crippen MR) is 161 cm³/mol. The van der Waals surface area contributed by atoms with Crippen LogP contribution < -0.4 is 9.62 Å². The molecule has 7 nitrogen and oxygen atoms in total. The van der Waals surface area contributed by atoms with Crippen LogP contribution in [0.15, 0.2) is 77.7 Å². The fourth-order valence-corrected chi connectivity index (χ4v) is 6.09. The van der Waals surface area contributed by atoms with Crippen molar-refractivity contribution in [1.29, 1.82) is 0 Å². The minimum atomic E-state index is -4.15. The van der Waals surface area contributed by atoms with Crippen molar-refractivity contribution in [3.8, 4) is 0 Å². The summed E-state index contributed by atoms with van der Waals surface area (Å²) in [6.07, 6.45) is 1.10. The van der Waals surface area contributed by atoms with Crippen molar-refractivity contribution in [2.75, 3.05) is 10.8 Å². The van der Waals surface area contributed by atoms with E-state index in [9.17, 15) is 18.0 Å². The summed E-state index contributed by atoms with van der Waals surface area (Å²) in [6.45, 7) is 9.05. The molecule has 3 aromatic carbocycles. The van der Waals surface area contributed by atoms with Gasteiger partial charge in [0.25, 0.3) is 10.0 Å². The summed E-state index contributed by atoms with van der Waals surface area (Å²) in [7, 11) is -4.15. The maximum Gasteiger partial charge on any atom is 0.264 e. The molecule has 2 unspecified atom stereocenters. The minimum Gasteiger partial charge on any atom is -0.352 e. The first-order chi connectivity index (χ1) is 19.0. The molecule has 3 rings (SSSR count). The molecule has 0 aliphatic heterocycles. The Morgan fingerprint density at radius 2 is 1.55 bits per heavy atom. The molecule has 0 heterocycles. The monoisotopic (exact) mass is 583 g/mol. The van der Waals surface area contributed by atoms with Crippen LogP contribution in [-0.2, 0) is 26.2 Å². The average Bonchev–Trinajstić information content (AvgIpc) is 2.94. The van der Waals surface area contributed by atoms with Crippen LogP contribution in [0, 0.1) is 13.8 Å². The van der Waals surface area contributed by atoms with Crippen LogP contribution in [0.25, 0.3) is 0 Å². The summed E-state index contributed by atoms with van der Waals surface area (Å²) in [5.74, 6) is -0.761. The Balaban J connectivity index is 2.10. The zero-order valence-electron chi connectivity index (χ0n) is 23.7. The smallest absolute Gasteiger partial charge is 0.264 e. The Labute approximate surface area is 243 Å². The van der Waals surface area contributed by atoms with Crippen LogP contribution in [0.1, 0.15) is 50.3 Å². The van der Waals surface area contributed by atoms with Crippen LogP contribution in [0.4, 0.5) is 5.69 Å². The van der Waals surface area contributed by atoms with Crippen molar-refractivity contribution in [3.63, 3.8) is 0 Å². The molecule has 0 bridgehead atoms. The van der Waals surface area contributed by atoms with E-state index in [1.807, 2.05) is 52.0 Å². The summed E-state index contributed by atoms with van der Waals surface area (Å²) in [5, 5.41) is 3.38. The molecule has 0 spiro atoms. The van der Waals surface area contributed by atoms with Crippen LogP contribution in [0.5, 0.6) is 0 Å². The first-order valence-corrected chi connectivity index (χ1v) is 15.3. The number of rotatable bonds is 12. The molecule has 0 radical (unpaired) electrons. The molecule has 2 atom stereocenters. The van der Waals surface area contributed by atoms with Crippen LogP contribution >= 0.6 is 11.6 Å². The normalized spacial score (nSPS) is 12.8. The van der Waals surface area contributed by atoms with Gasteiger partial charge in [-0.05, 0) is 74.6 Å². The van der Waals surface area contributed by atoms with Crippen molar-refractivity contribution >= 4 is 39.1 Å². The lowest BCUT2D eigenvalue weighted by Gasteiger charge is -2.34. The van der Waals surface area contributed by atoms with Gasteiger partial charge in [-0.25, -0.2) is 8.42 Å². The van der Waals surface area contributed by atoms with E-state index in [0.717, 1.165) is 21.9 Å². The predicted octanol–water partition coefficient (Wildman–Crippen LogP) is 5.87. The van der Waals surface area contributed by atoms with Gasteiger partial charge in [-0.15, -0.1) is 0 Å². The zero-order chi connectivity index (χ0) is 29.4. The number of benzene rings is 3. The third-order valence-electron chi connectivity index (χ3n) is 7.11. The van der Waals surface area contributed by atoms with E-state index in [2.05, 4.69) is 5.32 Å². The zero-order valence-corrected chi connectivity index (χ0v) is 25.3. The Morgan fingerprint density at radius 1 is 0.900 bits per heavy atom. The lowest BCUT2D eigenvalue weighted by atomic mass is 10.1. The maximum atomic E-state index is 14.2. The molecule has 0 aliphatic rings. The van der Waals surface area contributed by atoms with Crippen molar-refractivity contribution in [2.45, 2.75) is 71.0 Å². The van der Waals surface area contributed by atoms with Gasteiger partial charge in [0.05, 0.1) is 10.6 Å². The van der Waals surface area contributed by atoms with Crippen LogP contribution in [0.3, 0.4) is 0 Å². The van der Waals surface area contributed by atoms with E-state index in [1.165, 1.54) is 17.0 Å². The number of sulfonamides is 1. The van der Waals surface area contributed by atoms with E-state index in [-0.39, 0.29) is 23.4 Å². The number of halogens is 1. The molecule has 0 saturated heterocycles. The summed E-state index contributed by atoms with van der Waals surface area (Å²) in [4.78, 5) is 29.1. The SMILES string of the molecule is CCC(C)NC(=O)C(CC)N(Cc1ccccc1C)C(=O)CN(c1cccc(Cl)c1C)S(=O)(=O)c1ccccc1. The molecule has 0 aliphatic carbocycles. The summed E-state index contributed by atoms with van der Waals surface area (Å²) in [6, 6.07) is 19.7. The van der Waals surface area contributed by atoms with Gasteiger partial charge in [-0.2, -0.15) is 0 Å². The van der Waals surface area contributed by atoms with Gasteiger partial charge in [0, 0.05) is 17.6 Å². The summed E-state index contributed by atoms with van der Waals surface area (Å²) in [5.41, 5.74) is 2.68. The van der Waals surface area contributed by atoms with Crippen molar-refractivity contribution in [3.05, 3.63) is 94.5 Å². The molecule has 3 aromatic rings. The number of amides is 2. The highest BCUT2D eigenvalue weighted by molar-refractivity contribution is 7.92. The number of hydrogen-bond donors (Lipinski definition) is 1. The molecule has 9 heteroatoms. The fourth-order valence-electron chi connectivity index (χ4n) is 4.43. The van der Waals surface area contributed by atoms with Gasteiger partial charge >= 0.3 is 0 Å². The van der Waals surface area contributed by atoms with Gasteiger partial charge in [0.1, 0.15) is 12.6 Å². The second-order valence-corrected chi connectivity index (χ2v) is 12.2. The molecule has 0 saturated carbocycles. The lowest BCUT2D eigenvalue weighted by Crippen LogP contribution is -2.53. The quantitative estimate of drug-likeness (QED) is 0.289. The number of nitrogens with one attached hydrogen (secondary N) is 1. The maximum absolute atomic E-state index is 14.2. The van der Waals surface area contributed by atoms with E-state index in [0.29, 0.717) is 22.7 Å². The molecule has 40 heavy (non-hydrogen) atoms. The highest BCUT2D eigenvalue weighted by atomic mass is 35.5. The van der Waals surface area contributed by atoms with E-state index in [4.69, 9.17) is 11.6 Å². The van der Waals surface area contributed by atoms with Gasteiger partial charge in [0.15, 0.2) is 0 Å². The number of hydrogen-bond acceptors (Lipinski definition) is 4. The molecule has 2 amide bonds. The highest BCUT2D eigenvalue weighted by Crippen LogP contribution is 2.31. The Morgan fingerprint density at radius 3 is 2.17 bits per heavy atom. The number of aryl methyl sites for hydroxylation is 1. The molecule has 1 N–H and O–H groups in total. The fraction of sp³-hybridized carbons (Fsp3) is 0.355. The second kappa shape index (κ2) is 13.8. The van der Waals surface area contributed by atoms with Crippen molar-refractivity contribution in [2.24, 2.45) is 0 Å². The first kappa shape index (κ1) is 31.2. The summed E-state index contributed by atoms with van der Waals surface area (Å²) >= 11 is 6.38. The lowest BCUT2D eigenvalue weighted by molar-refractivity contribution is -0.140. The summed E-state index contributed by atoms with van der Waals surface area (Å²) < 4.78 is 29.0. The first-order valence-electron chi connectivity index (χ1n) is 13.5. The number of anilines is 1. The topological polar surface area (TPSA) is 86.8 Å². The van der Waals surface area contributed by atoms with E-state index in [1.54, 1.807) is 43.3 Å². The van der Waals surface area contributed by atoms with Crippen molar-refractivity contribution in [1.82, 2.24) is 10.2 Å². The van der Waals surface area contributed by atoms with E-state index < -0.39 is 28.5 Å².